The van der Waals surface area contributed by atoms with Crippen molar-refractivity contribution in [2.45, 2.75) is 44.6 Å². The Balaban J connectivity index is 1.86. The molecule has 1 aliphatic rings. The Hall–Kier alpha value is -2.14. The van der Waals surface area contributed by atoms with Gasteiger partial charge in [0.05, 0.1) is 10.6 Å². The summed E-state index contributed by atoms with van der Waals surface area (Å²) in [5.41, 5.74) is 3.73. The van der Waals surface area contributed by atoms with Crippen molar-refractivity contribution in [3.05, 3.63) is 64.7 Å². The van der Waals surface area contributed by atoms with E-state index < -0.39 is 9.84 Å². The molecule has 0 aliphatic carbocycles. The highest BCUT2D eigenvalue weighted by atomic mass is 32.2. The second-order valence-electron chi connectivity index (χ2n) is 7.16. The summed E-state index contributed by atoms with van der Waals surface area (Å²) in [7, 11) is -3.41. The number of amides is 1. The number of aryl methyl sites for hydroxylation is 3. The summed E-state index contributed by atoms with van der Waals surface area (Å²) >= 11 is 0. The molecule has 1 heterocycles. The lowest BCUT2D eigenvalue weighted by Crippen LogP contribution is -2.40. The van der Waals surface area contributed by atoms with Crippen LogP contribution in [0, 0.1) is 20.8 Å². The van der Waals surface area contributed by atoms with Crippen LogP contribution in [0.4, 0.5) is 0 Å². The number of likely N-dealkylation sites (tertiary alicyclic amines) is 1. The Morgan fingerprint density at radius 3 is 2.31 bits per heavy atom. The number of nitrogens with zero attached hydrogens (tertiary/aromatic N) is 1. The maximum absolute atomic E-state index is 13.2. The Morgan fingerprint density at radius 2 is 1.69 bits per heavy atom. The molecule has 0 radical (unpaired) electrons. The molecule has 1 aliphatic heterocycles. The summed E-state index contributed by atoms with van der Waals surface area (Å²) in [4.78, 5) is 15.2. The first-order chi connectivity index (χ1) is 12.3. The van der Waals surface area contributed by atoms with Crippen molar-refractivity contribution in [2.24, 2.45) is 0 Å². The van der Waals surface area contributed by atoms with Crippen LogP contribution in [0.1, 0.15) is 39.9 Å². The van der Waals surface area contributed by atoms with Crippen molar-refractivity contribution in [3.63, 3.8) is 0 Å². The molecule has 4 nitrogen and oxygen atoms in total. The number of hydrogen-bond acceptors (Lipinski definition) is 3. The van der Waals surface area contributed by atoms with Gasteiger partial charge in [-0.15, -0.1) is 0 Å². The number of rotatable bonds is 4. The van der Waals surface area contributed by atoms with E-state index in [2.05, 4.69) is 0 Å². The zero-order valence-electron chi connectivity index (χ0n) is 15.5. The van der Waals surface area contributed by atoms with Gasteiger partial charge in [-0.25, -0.2) is 8.42 Å². The van der Waals surface area contributed by atoms with E-state index in [4.69, 9.17) is 0 Å². The maximum atomic E-state index is 13.2. The molecule has 0 N–H and O–H groups in total. The van der Waals surface area contributed by atoms with Crippen LogP contribution in [-0.2, 0) is 9.84 Å². The minimum Gasteiger partial charge on any atom is -0.335 e. The third-order valence-electron chi connectivity index (χ3n) is 5.04. The number of hydrogen-bond donors (Lipinski definition) is 0. The molecule has 2 aromatic carbocycles. The van der Waals surface area contributed by atoms with Crippen molar-refractivity contribution in [1.29, 1.82) is 0 Å². The van der Waals surface area contributed by atoms with Gasteiger partial charge in [0.15, 0.2) is 9.84 Å². The minimum atomic E-state index is -3.41. The van der Waals surface area contributed by atoms with Crippen molar-refractivity contribution < 1.29 is 13.2 Å². The standard InChI is InChI=1S/C21H25NO3S/c1-15-12-16(2)20(17(3)13-15)21(23)22-11-7-8-18(22)14-26(24,25)19-9-5-4-6-10-19/h4-6,9-10,12-13,18H,7-8,11,14H2,1-3H3. The van der Waals surface area contributed by atoms with Gasteiger partial charge in [0, 0.05) is 18.2 Å². The van der Waals surface area contributed by atoms with E-state index in [1.807, 2.05) is 32.9 Å². The zero-order valence-corrected chi connectivity index (χ0v) is 16.3. The third-order valence-corrected chi connectivity index (χ3v) is 6.86. The summed E-state index contributed by atoms with van der Waals surface area (Å²) in [5, 5.41) is 0. The molecule has 138 valence electrons. The molecule has 1 amide bonds. The number of benzene rings is 2. The maximum Gasteiger partial charge on any atom is 0.254 e. The molecule has 1 atom stereocenters. The Bertz CT molecular complexity index is 897. The smallest absolute Gasteiger partial charge is 0.254 e. The predicted molar refractivity (Wildman–Crippen MR) is 103 cm³/mol. The van der Waals surface area contributed by atoms with Crippen LogP contribution >= 0.6 is 0 Å². The molecule has 3 rings (SSSR count). The van der Waals surface area contributed by atoms with E-state index in [-0.39, 0.29) is 17.7 Å². The second-order valence-corrected chi connectivity index (χ2v) is 9.20. The Morgan fingerprint density at radius 1 is 1.08 bits per heavy atom. The first-order valence-electron chi connectivity index (χ1n) is 8.96. The fourth-order valence-corrected chi connectivity index (χ4v) is 5.53. The highest BCUT2D eigenvalue weighted by Crippen LogP contribution is 2.26. The average Bonchev–Trinajstić information content (AvgIpc) is 3.02. The van der Waals surface area contributed by atoms with Gasteiger partial charge in [-0.3, -0.25) is 4.79 Å². The molecule has 1 saturated heterocycles. The van der Waals surface area contributed by atoms with Gasteiger partial charge >= 0.3 is 0 Å². The fourth-order valence-electron chi connectivity index (χ4n) is 3.91. The van der Waals surface area contributed by atoms with Crippen LogP contribution < -0.4 is 0 Å². The number of carbonyl (C=O) groups is 1. The minimum absolute atomic E-state index is 0.0211. The second kappa shape index (κ2) is 7.23. The molecule has 0 aromatic heterocycles. The highest BCUT2D eigenvalue weighted by Gasteiger charge is 2.34. The van der Waals surface area contributed by atoms with Crippen molar-refractivity contribution in [3.8, 4) is 0 Å². The topological polar surface area (TPSA) is 54.5 Å². The van der Waals surface area contributed by atoms with Crippen LogP contribution in [-0.4, -0.2) is 37.6 Å². The largest absolute Gasteiger partial charge is 0.335 e. The molecule has 5 heteroatoms. The molecule has 0 bridgehead atoms. The predicted octanol–water partition coefficient (Wildman–Crippen LogP) is 3.69. The first kappa shape index (κ1) is 18.6. The molecule has 0 saturated carbocycles. The van der Waals surface area contributed by atoms with E-state index in [0.717, 1.165) is 29.5 Å². The molecule has 1 fully saturated rings. The lowest BCUT2D eigenvalue weighted by Gasteiger charge is -2.26. The van der Waals surface area contributed by atoms with Crippen LogP contribution in [0.15, 0.2) is 47.4 Å². The van der Waals surface area contributed by atoms with Crippen molar-refractivity contribution >= 4 is 15.7 Å². The molecular formula is C21H25NO3S. The Kier molecular flexibility index (Phi) is 5.19. The van der Waals surface area contributed by atoms with Gasteiger partial charge in [0.1, 0.15) is 0 Å². The van der Waals surface area contributed by atoms with E-state index in [0.29, 0.717) is 17.0 Å². The zero-order chi connectivity index (χ0) is 18.9. The van der Waals surface area contributed by atoms with Gasteiger partial charge in [0.2, 0.25) is 0 Å². The number of sulfone groups is 1. The summed E-state index contributed by atoms with van der Waals surface area (Å²) in [6.07, 6.45) is 1.56. The highest BCUT2D eigenvalue weighted by molar-refractivity contribution is 7.91. The van der Waals surface area contributed by atoms with Crippen LogP contribution in [0.5, 0.6) is 0 Å². The summed E-state index contributed by atoms with van der Waals surface area (Å²) < 4.78 is 25.5. The van der Waals surface area contributed by atoms with Gasteiger partial charge in [-0.2, -0.15) is 0 Å². The molecule has 1 unspecified atom stereocenters. The van der Waals surface area contributed by atoms with Gasteiger partial charge in [0.25, 0.3) is 5.91 Å². The fraction of sp³-hybridized carbons (Fsp3) is 0.381. The SMILES string of the molecule is Cc1cc(C)c(C(=O)N2CCCC2CS(=O)(=O)c2ccccc2)c(C)c1. The van der Waals surface area contributed by atoms with Crippen LogP contribution in [0.25, 0.3) is 0 Å². The van der Waals surface area contributed by atoms with Crippen LogP contribution in [0.3, 0.4) is 0 Å². The monoisotopic (exact) mass is 371 g/mol. The lowest BCUT2D eigenvalue weighted by molar-refractivity contribution is 0.0748. The lowest BCUT2D eigenvalue weighted by atomic mass is 9.98. The van der Waals surface area contributed by atoms with Gasteiger partial charge < -0.3 is 4.90 Å². The Labute approximate surface area is 155 Å². The van der Waals surface area contributed by atoms with E-state index >= 15 is 0 Å². The quantitative estimate of drug-likeness (QED) is 0.824. The molecule has 26 heavy (non-hydrogen) atoms. The van der Waals surface area contributed by atoms with Crippen molar-refractivity contribution in [1.82, 2.24) is 4.90 Å². The summed E-state index contributed by atoms with van der Waals surface area (Å²) in [6.45, 7) is 6.51. The summed E-state index contributed by atoms with van der Waals surface area (Å²) in [5.74, 6) is -0.0713. The third kappa shape index (κ3) is 3.68. The van der Waals surface area contributed by atoms with E-state index in [9.17, 15) is 13.2 Å². The first-order valence-corrected chi connectivity index (χ1v) is 10.6. The van der Waals surface area contributed by atoms with Gasteiger partial charge in [-0.1, -0.05) is 35.9 Å². The van der Waals surface area contributed by atoms with Crippen molar-refractivity contribution in [2.75, 3.05) is 12.3 Å². The average molecular weight is 372 g/mol. The van der Waals surface area contributed by atoms with Crippen LogP contribution in [0.2, 0.25) is 0 Å². The normalized spacial score (nSPS) is 17.5. The van der Waals surface area contributed by atoms with Gasteiger partial charge in [-0.05, 0) is 56.9 Å². The summed E-state index contributed by atoms with van der Waals surface area (Å²) in [6, 6.07) is 12.2. The molecular weight excluding hydrogens is 346 g/mol. The molecule has 2 aromatic rings. The van der Waals surface area contributed by atoms with E-state index in [1.165, 1.54) is 0 Å². The number of carbonyl (C=O) groups excluding carboxylic acids is 1. The van der Waals surface area contributed by atoms with E-state index in [1.54, 1.807) is 35.2 Å². The molecule has 0 spiro atoms.